The molecule has 2 aliphatic carbocycles. The number of hydrogen-bond acceptors (Lipinski definition) is 1. The van der Waals surface area contributed by atoms with E-state index in [0.717, 1.165) is 75.5 Å². The largest absolute Gasteiger partial charge is 0.386 e. The quantitative estimate of drug-likeness (QED) is 0.127. The van der Waals surface area contributed by atoms with E-state index in [9.17, 15) is 26.3 Å². The number of benzene rings is 3. The molecule has 0 amide bonds. The number of alkyl halides is 2. The Kier molecular flexibility index (Phi) is 10.2. The molecule has 0 aromatic heterocycles. The molecule has 1 nitrogen and oxygen atoms in total. The van der Waals surface area contributed by atoms with Gasteiger partial charge < -0.3 is 4.74 Å². The average molecular weight is 603 g/mol. The van der Waals surface area contributed by atoms with Crippen LogP contribution in [0.4, 0.5) is 26.3 Å². The molecule has 0 N–H and O–H groups in total. The summed E-state index contributed by atoms with van der Waals surface area (Å²) in [6, 6.07) is 14.7. The average Bonchev–Trinajstić information content (AvgIpc) is 3.00. The fourth-order valence-electron chi connectivity index (χ4n) is 6.93. The first kappa shape index (κ1) is 31.6. The lowest BCUT2D eigenvalue weighted by molar-refractivity contribution is -0.278. The Morgan fingerprint density at radius 2 is 1.14 bits per heavy atom. The third-order valence-corrected chi connectivity index (χ3v) is 9.49. The molecule has 3 aromatic carbocycles. The highest BCUT2D eigenvalue weighted by Crippen LogP contribution is 2.43. The minimum Gasteiger partial charge on any atom is -0.313 e. The first-order valence-corrected chi connectivity index (χ1v) is 15.7. The number of ether oxygens (including phenoxy) is 1. The van der Waals surface area contributed by atoms with Gasteiger partial charge in [-0.15, -0.1) is 0 Å². The maximum absolute atomic E-state index is 14.9. The third kappa shape index (κ3) is 7.65. The van der Waals surface area contributed by atoms with Crippen molar-refractivity contribution >= 4 is 0 Å². The van der Waals surface area contributed by atoms with Crippen LogP contribution in [-0.2, 0) is 17.3 Å². The Labute approximate surface area is 250 Å². The normalized spacial score (nSPS) is 23.0. The summed E-state index contributed by atoms with van der Waals surface area (Å²) in [7, 11) is 0. The van der Waals surface area contributed by atoms with Crippen LogP contribution >= 0.6 is 0 Å². The third-order valence-electron chi connectivity index (χ3n) is 9.49. The lowest BCUT2D eigenvalue weighted by Crippen LogP contribution is -2.30. The second-order valence-electron chi connectivity index (χ2n) is 12.4. The van der Waals surface area contributed by atoms with Crippen LogP contribution in [-0.4, -0.2) is 6.10 Å². The molecule has 0 bridgehead atoms. The predicted molar refractivity (Wildman–Crippen MR) is 156 cm³/mol. The molecule has 0 atom stereocenters. The lowest BCUT2D eigenvalue weighted by atomic mass is 9.75. The molecule has 0 radical (unpaired) electrons. The summed E-state index contributed by atoms with van der Waals surface area (Å²) in [6.07, 6.45) is 5.03. The number of hydrogen-bond donors (Lipinski definition) is 0. The molecule has 43 heavy (non-hydrogen) atoms. The fraction of sp³-hybridized carbons (Fsp3) is 0.500. The van der Waals surface area contributed by atoms with Crippen LogP contribution in [0.2, 0.25) is 0 Å². The molecular formula is C36H40F6O. The maximum Gasteiger partial charge on any atom is 0.386 e. The summed E-state index contributed by atoms with van der Waals surface area (Å²) in [5.74, 6) is -4.02. The minimum atomic E-state index is -3.68. The van der Waals surface area contributed by atoms with Crippen LogP contribution in [0.1, 0.15) is 123 Å². The molecule has 0 aliphatic heterocycles. The summed E-state index contributed by atoms with van der Waals surface area (Å²) in [4.78, 5) is 0. The molecule has 0 spiro atoms. The second kappa shape index (κ2) is 13.9. The lowest BCUT2D eigenvalue weighted by Gasteiger charge is -2.32. The number of aryl methyl sites for hydroxylation is 1. The van der Waals surface area contributed by atoms with Crippen molar-refractivity contribution in [1.82, 2.24) is 0 Å². The van der Waals surface area contributed by atoms with Crippen LogP contribution in [0.25, 0.3) is 0 Å². The molecule has 2 aliphatic rings. The van der Waals surface area contributed by atoms with Gasteiger partial charge in [0.2, 0.25) is 0 Å². The van der Waals surface area contributed by atoms with E-state index in [0.29, 0.717) is 30.7 Å². The van der Waals surface area contributed by atoms with Crippen LogP contribution in [0.15, 0.2) is 54.6 Å². The van der Waals surface area contributed by atoms with Crippen molar-refractivity contribution in [2.75, 3.05) is 0 Å². The van der Waals surface area contributed by atoms with E-state index in [1.807, 2.05) is 0 Å². The van der Waals surface area contributed by atoms with Crippen molar-refractivity contribution in [1.29, 1.82) is 0 Å². The highest BCUT2D eigenvalue weighted by atomic mass is 19.3. The predicted octanol–water partition coefficient (Wildman–Crippen LogP) is 11.2. The molecule has 5 rings (SSSR count). The van der Waals surface area contributed by atoms with E-state index in [2.05, 4.69) is 31.2 Å². The van der Waals surface area contributed by atoms with Crippen molar-refractivity contribution in [3.8, 4) is 0 Å². The van der Waals surface area contributed by atoms with Crippen molar-refractivity contribution in [2.24, 2.45) is 0 Å². The van der Waals surface area contributed by atoms with Gasteiger partial charge in [0.15, 0.2) is 17.5 Å². The van der Waals surface area contributed by atoms with Gasteiger partial charge in [-0.2, -0.15) is 8.78 Å². The minimum absolute atomic E-state index is 0.0105. The van der Waals surface area contributed by atoms with Gasteiger partial charge in [0.1, 0.15) is 5.82 Å². The summed E-state index contributed by atoms with van der Waals surface area (Å²) in [5.41, 5.74) is 2.93. The highest BCUT2D eigenvalue weighted by Gasteiger charge is 2.40. The molecule has 2 saturated carbocycles. The van der Waals surface area contributed by atoms with Crippen LogP contribution in [0, 0.1) is 23.3 Å². The Morgan fingerprint density at radius 1 is 0.628 bits per heavy atom. The molecule has 7 heteroatoms. The van der Waals surface area contributed by atoms with Crippen molar-refractivity contribution in [2.45, 2.75) is 114 Å². The smallest absolute Gasteiger partial charge is 0.313 e. The zero-order valence-electron chi connectivity index (χ0n) is 24.7. The van der Waals surface area contributed by atoms with E-state index in [4.69, 9.17) is 4.74 Å². The van der Waals surface area contributed by atoms with E-state index >= 15 is 0 Å². The van der Waals surface area contributed by atoms with Gasteiger partial charge in [-0.3, -0.25) is 0 Å². The van der Waals surface area contributed by atoms with Gasteiger partial charge in [-0.25, -0.2) is 17.6 Å². The van der Waals surface area contributed by atoms with Gasteiger partial charge in [0.05, 0.1) is 11.7 Å². The Morgan fingerprint density at radius 3 is 1.65 bits per heavy atom. The van der Waals surface area contributed by atoms with Crippen LogP contribution in [0.5, 0.6) is 0 Å². The first-order chi connectivity index (χ1) is 20.6. The number of halogens is 6. The summed E-state index contributed by atoms with van der Waals surface area (Å²) < 4.78 is 90.4. The Bertz CT molecular complexity index is 1330. The molecule has 232 valence electrons. The molecule has 0 heterocycles. The van der Waals surface area contributed by atoms with E-state index in [1.54, 1.807) is 6.07 Å². The topological polar surface area (TPSA) is 9.23 Å². The van der Waals surface area contributed by atoms with Crippen molar-refractivity contribution in [3.05, 3.63) is 106 Å². The summed E-state index contributed by atoms with van der Waals surface area (Å²) in [5, 5.41) is 0. The van der Waals surface area contributed by atoms with E-state index in [-0.39, 0.29) is 11.8 Å². The maximum atomic E-state index is 14.9. The SMILES string of the molecule is CCCCCc1ccc(C(F)(F)OC2CCC(c3ccc(C4CCC(c5cc(F)c(F)c(F)c5)CC4)cc3)CC2)c(F)c1. The van der Waals surface area contributed by atoms with E-state index < -0.39 is 41.0 Å². The summed E-state index contributed by atoms with van der Waals surface area (Å²) in [6.45, 7) is 2.08. The van der Waals surface area contributed by atoms with Gasteiger partial charge in [0, 0.05) is 0 Å². The van der Waals surface area contributed by atoms with Gasteiger partial charge in [-0.1, -0.05) is 50.1 Å². The monoisotopic (exact) mass is 602 g/mol. The van der Waals surface area contributed by atoms with Gasteiger partial charge in [-0.05, 0) is 128 Å². The van der Waals surface area contributed by atoms with Crippen LogP contribution in [0.3, 0.4) is 0 Å². The van der Waals surface area contributed by atoms with Gasteiger partial charge >= 0.3 is 6.11 Å². The fourth-order valence-corrected chi connectivity index (χ4v) is 6.93. The second-order valence-corrected chi connectivity index (χ2v) is 12.4. The number of unbranched alkanes of at least 4 members (excludes halogenated alkanes) is 2. The van der Waals surface area contributed by atoms with E-state index in [1.165, 1.54) is 23.3 Å². The Balaban J connectivity index is 1.11. The molecular weight excluding hydrogens is 562 g/mol. The highest BCUT2D eigenvalue weighted by molar-refractivity contribution is 5.30. The standard InChI is InChI=1S/C36H40F6O/c1-2-3-4-5-23-6-19-31(32(37)20-23)36(41,42)43-30-17-15-27(16-18-30)26-9-7-24(8-10-26)25-11-13-28(14-12-25)29-21-33(38)35(40)34(39)22-29/h6-10,19-22,25,27-28,30H,2-5,11-18H2,1H3. The van der Waals surface area contributed by atoms with Crippen LogP contribution < -0.4 is 0 Å². The zero-order valence-corrected chi connectivity index (χ0v) is 24.7. The molecule has 0 saturated heterocycles. The zero-order chi connectivity index (χ0) is 30.6. The van der Waals surface area contributed by atoms with Crippen molar-refractivity contribution in [3.63, 3.8) is 0 Å². The molecule has 0 unspecified atom stereocenters. The van der Waals surface area contributed by atoms with Crippen molar-refractivity contribution < 1.29 is 31.1 Å². The molecule has 2 fully saturated rings. The molecule has 3 aromatic rings. The Hall–Kier alpha value is -2.80. The van der Waals surface area contributed by atoms with Gasteiger partial charge in [0.25, 0.3) is 0 Å². The number of rotatable bonds is 10. The summed E-state index contributed by atoms with van der Waals surface area (Å²) >= 11 is 0. The first-order valence-electron chi connectivity index (χ1n) is 15.7.